The van der Waals surface area contributed by atoms with Gasteiger partial charge in [0.05, 0.1) is 17.1 Å². The molecule has 0 saturated carbocycles. The molecule has 4 heteroatoms. The summed E-state index contributed by atoms with van der Waals surface area (Å²) < 4.78 is 8.54. The van der Waals surface area contributed by atoms with Crippen molar-refractivity contribution in [1.82, 2.24) is 0 Å². The number of hydrogen-bond acceptors (Lipinski definition) is 3. The Balaban J connectivity index is 2.40. The lowest BCUT2D eigenvalue weighted by Gasteiger charge is -2.04. The first kappa shape index (κ1) is 6.61. The van der Waals surface area contributed by atoms with Gasteiger partial charge >= 0.3 is 0 Å². The molecule has 2 rings (SSSR count). The highest BCUT2D eigenvalue weighted by Gasteiger charge is 2.32. The van der Waals surface area contributed by atoms with Crippen molar-refractivity contribution in [3.05, 3.63) is 10.6 Å². The van der Waals surface area contributed by atoms with Gasteiger partial charge in [-0.2, -0.15) is 4.36 Å². The molecule has 0 bridgehead atoms. The molecule has 0 saturated heterocycles. The average molecular weight is 172 g/mol. The molecule has 0 fully saturated rings. The number of rotatable bonds is 0. The molecular weight excluding hydrogens is 164 g/mol. The fourth-order valence-electron chi connectivity index (χ4n) is 1.21. The summed E-state index contributed by atoms with van der Waals surface area (Å²) in [6.45, 7) is 4.33. The van der Waals surface area contributed by atoms with Crippen molar-refractivity contribution >= 4 is 23.1 Å². The number of nitrogens with zero attached hydrogens (tertiary/aromatic N) is 2. The van der Waals surface area contributed by atoms with Gasteiger partial charge < -0.3 is 0 Å². The van der Waals surface area contributed by atoms with Gasteiger partial charge in [0.25, 0.3) is 0 Å². The molecule has 0 radical (unpaired) electrons. The molecule has 0 aromatic heterocycles. The minimum absolute atomic E-state index is 0.384. The monoisotopic (exact) mass is 172 g/mol. The highest BCUT2D eigenvalue weighted by atomic mass is 32.2. The molecule has 2 nitrogen and oxygen atoms in total. The van der Waals surface area contributed by atoms with E-state index in [2.05, 4.69) is 22.6 Å². The SMILES string of the molecule is CC1=C2N=S=NC2C(C)S1. The molecule has 2 aliphatic rings. The van der Waals surface area contributed by atoms with E-state index < -0.39 is 0 Å². The van der Waals surface area contributed by atoms with Crippen LogP contribution in [0.4, 0.5) is 0 Å². The van der Waals surface area contributed by atoms with Gasteiger partial charge in [-0.05, 0) is 6.92 Å². The lowest BCUT2D eigenvalue weighted by molar-refractivity contribution is 0.790. The second-order valence-electron chi connectivity index (χ2n) is 2.49. The minimum atomic E-state index is 0.384. The number of allylic oxidation sites excluding steroid dienone is 1. The van der Waals surface area contributed by atoms with Crippen molar-refractivity contribution in [3.63, 3.8) is 0 Å². The van der Waals surface area contributed by atoms with E-state index in [4.69, 9.17) is 0 Å². The molecule has 0 amide bonds. The van der Waals surface area contributed by atoms with Crippen LogP contribution in [0.5, 0.6) is 0 Å². The molecule has 2 unspecified atom stereocenters. The molecule has 2 heterocycles. The van der Waals surface area contributed by atoms with Gasteiger partial charge in [-0.15, -0.1) is 11.8 Å². The molecule has 0 N–H and O–H groups in total. The van der Waals surface area contributed by atoms with Crippen LogP contribution in [0.2, 0.25) is 0 Å². The highest BCUT2D eigenvalue weighted by Crippen LogP contribution is 2.41. The Labute approximate surface area is 68.0 Å². The quantitative estimate of drug-likeness (QED) is 0.549. The van der Waals surface area contributed by atoms with Crippen LogP contribution < -0.4 is 0 Å². The third-order valence-corrected chi connectivity index (χ3v) is 3.54. The number of thioether (sulfide) groups is 1. The van der Waals surface area contributed by atoms with Crippen LogP contribution >= 0.6 is 11.8 Å². The Bertz CT molecular complexity index is 263. The van der Waals surface area contributed by atoms with Crippen molar-refractivity contribution in [2.75, 3.05) is 0 Å². The second-order valence-corrected chi connectivity index (χ2v) is 4.64. The topological polar surface area (TPSA) is 24.7 Å². The average Bonchev–Trinajstić information content (AvgIpc) is 2.39. The maximum atomic E-state index is 4.30. The number of fused-ring (bicyclic) bond motifs is 1. The first-order chi connectivity index (χ1) is 4.79. The van der Waals surface area contributed by atoms with Gasteiger partial charge in [0.1, 0.15) is 6.04 Å². The van der Waals surface area contributed by atoms with Crippen molar-refractivity contribution in [2.24, 2.45) is 8.73 Å². The smallest absolute Gasteiger partial charge is 0.119 e. The normalized spacial score (nSPS) is 36.6. The van der Waals surface area contributed by atoms with E-state index in [0.29, 0.717) is 11.3 Å². The standard InChI is InChI=1S/C6H8N2S2/c1-3-5-6(4(2)9-3)8-10-7-5/h3,5H,1-2H3. The van der Waals surface area contributed by atoms with Crippen molar-refractivity contribution in [3.8, 4) is 0 Å². The zero-order valence-corrected chi connectivity index (χ0v) is 7.50. The van der Waals surface area contributed by atoms with E-state index in [1.54, 1.807) is 0 Å². The maximum absolute atomic E-state index is 4.30. The fraction of sp³-hybridized carbons (Fsp3) is 0.667. The summed E-state index contributed by atoms with van der Waals surface area (Å²) in [5.41, 5.74) is 1.21. The minimum Gasteiger partial charge on any atom is -0.202 e. The third-order valence-electron chi connectivity index (χ3n) is 1.75. The summed E-state index contributed by atoms with van der Waals surface area (Å²) in [6.07, 6.45) is 0. The fourth-order valence-corrected chi connectivity index (χ4v) is 3.27. The lowest BCUT2D eigenvalue weighted by atomic mass is 10.2. The van der Waals surface area contributed by atoms with Gasteiger partial charge in [-0.1, -0.05) is 6.92 Å². The van der Waals surface area contributed by atoms with E-state index in [9.17, 15) is 0 Å². The van der Waals surface area contributed by atoms with Gasteiger partial charge in [0, 0.05) is 10.2 Å². The van der Waals surface area contributed by atoms with Gasteiger partial charge in [0.15, 0.2) is 0 Å². The molecule has 0 aromatic rings. The molecule has 0 spiro atoms. The summed E-state index contributed by atoms with van der Waals surface area (Å²) in [5, 5.41) is 0.605. The summed E-state index contributed by atoms with van der Waals surface area (Å²) in [7, 11) is 0. The summed E-state index contributed by atoms with van der Waals surface area (Å²) in [4.78, 5) is 1.35. The summed E-state index contributed by atoms with van der Waals surface area (Å²) >= 11 is 3.24. The second kappa shape index (κ2) is 2.20. The largest absolute Gasteiger partial charge is 0.202 e. The van der Waals surface area contributed by atoms with Gasteiger partial charge in [-0.3, -0.25) is 0 Å². The summed E-state index contributed by atoms with van der Waals surface area (Å²) in [6, 6.07) is 0.384. The van der Waals surface area contributed by atoms with Crippen LogP contribution in [0, 0.1) is 0 Å². The van der Waals surface area contributed by atoms with Crippen molar-refractivity contribution in [2.45, 2.75) is 25.1 Å². The van der Waals surface area contributed by atoms with Gasteiger partial charge in [0.2, 0.25) is 0 Å². The molecule has 2 atom stereocenters. The van der Waals surface area contributed by atoms with Crippen LogP contribution in [-0.4, -0.2) is 11.3 Å². The van der Waals surface area contributed by atoms with Gasteiger partial charge in [-0.25, -0.2) is 4.36 Å². The van der Waals surface area contributed by atoms with E-state index in [-0.39, 0.29) is 0 Å². The van der Waals surface area contributed by atoms with Crippen LogP contribution in [0.15, 0.2) is 19.3 Å². The molecule has 54 valence electrons. The highest BCUT2D eigenvalue weighted by molar-refractivity contribution is 8.04. The van der Waals surface area contributed by atoms with Crippen molar-refractivity contribution in [1.29, 1.82) is 0 Å². The molecule has 10 heavy (non-hydrogen) atoms. The van der Waals surface area contributed by atoms with Crippen molar-refractivity contribution < 1.29 is 0 Å². The number of hydrogen-bond donors (Lipinski definition) is 0. The predicted octanol–water partition coefficient (Wildman–Crippen LogP) is 2.19. The van der Waals surface area contributed by atoms with E-state index in [1.807, 2.05) is 11.8 Å². The Morgan fingerprint density at radius 2 is 2.30 bits per heavy atom. The van der Waals surface area contributed by atoms with Crippen LogP contribution in [0.3, 0.4) is 0 Å². The molecule has 2 aliphatic heterocycles. The molecule has 0 aromatic carbocycles. The molecular formula is C6H8N2S2. The van der Waals surface area contributed by atoms with E-state index >= 15 is 0 Å². The predicted molar refractivity (Wildman–Crippen MR) is 45.8 cm³/mol. The third kappa shape index (κ3) is 0.787. The molecule has 0 aliphatic carbocycles. The maximum Gasteiger partial charge on any atom is 0.119 e. The zero-order chi connectivity index (χ0) is 7.14. The van der Waals surface area contributed by atoms with Crippen LogP contribution in [-0.2, 0) is 11.4 Å². The Hall–Kier alpha value is -0.0900. The van der Waals surface area contributed by atoms with Crippen LogP contribution in [0.1, 0.15) is 13.8 Å². The summed E-state index contributed by atoms with van der Waals surface area (Å²) in [5.74, 6) is 0. The first-order valence-corrected chi connectivity index (χ1v) is 4.85. The zero-order valence-electron chi connectivity index (χ0n) is 5.87. The Kier molecular flexibility index (Phi) is 1.46. The van der Waals surface area contributed by atoms with Crippen LogP contribution in [0.25, 0.3) is 0 Å². The van der Waals surface area contributed by atoms with E-state index in [1.165, 1.54) is 22.0 Å². The Morgan fingerprint density at radius 3 is 3.00 bits per heavy atom. The Morgan fingerprint density at radius 1 is 1.50 bits per heavy atom. The lowest BCUT2D eigenvalue weighted by Crippen LogP contribution is -2.11. The van der Waals surface area contributed by atoms with E-state index in [0.717, 1.165) is 0 Å². The first-order valence-electron chi connectivity index (χ1n) is 3.24.